The molecule has 0 saturated carbocycles. The SMILES string of the molecule is Cc1ccc(C(=O)Nc2ccc3occc(=O)c3c2)cc1. The molecule has 104 valence electrons. The van der Waals surface area contributed by atoms with Gasteiger partial charge in [0.05, 0.1) is 11.6 Å². The minimum Gasteiger partial charge on any atom is -0.464 e. The standard InChI is InChI=1S/C17H13NO3/c1-11-2-4-12(5-3-11)17(20)18-13-6-7-16-14(10-13)15(19)8-9-21-16/h2-10H,1H3,(H,18,20). The van der Waals surface area contributed by atoms with Gasteiger partial charge in [-0.2, -0.15) is 0 Å². The highest BCUT2D eigenvalue weighted by Gasteiger charge is 2.07. The Morgan fingerprint density at radius 3 is 2.57 bits per heavy atom. The second kappa shape index (κ2) is 5.25. The first kappa shape index (κ1) is 13.1. The smallest absolute Gasteiger partial charge is 0.255 e. The van der Waals surface area contributed by atoms with Gasteiger partial charge in [0.15, 0.2) is 5.43 Å². The van der Waals surface area contributed by atoms with Gasteiger partial charge in [-0.3, -0.25) is 9.59 Å². The highest BCUT2D eigenvalue weighted by atomic mass is 16.3. The number of fused-ring (bicyclic) bond motifs is 1. The van der Waals surface area contributed by atoms with E-state index in [1.165, 1.54) is 12.3 Å². The molecule has 0 aliphatic rings. The fraction of sp³-hybridized carbons (Fsp3) is 0.0588. The van der Waals surface area contributed by atoms with Crippen LogP contribution >= 0.6 is 0 Å². The summed E-state index contributed by atoms with van der Waals surface area (Å²) in [4.78, 5) is 23.9. The summed E-state index contributed by atoms with van der Waals surface area (Å²) in [6.45, 7) is 1.96. The molecule has 1 amide bonds. The number of amides is 1. The molecule has 0 fully saturated rings. The zero-order valence-corrected chi connectivity index (χ0v) is 11.4. The summed E-state index contributed by atoms with van der Waals surface area (Å²) in [5, 5.41) is 3.22. The van der Waals surface area contributed by atoms with Crippen LogP contribution in [0.15, 0.2) is 64.0 Å². The van der Waals surface area contributed by atoms with Crippen LogP contribution < -0.4 is 10.7 Å². The molecule has 0 unspecified atom stereocenters. The lowest BCUT2D eigenvalue weighted by Crippen LogP contribution is -2.12. The van der Waals surface area contributed by atoms with Crippen molar-refractivity contribution in [2.75, 3.05) is 5.32 Å². The Balaban J connectivity index is 1.91. The highest BCUT2D eigenvalue weighted by Crippen LogP contribution is 2.17. The molecule has 1 heterocycles. The summed E-state index contributed by atoms with van der Waals surface area (Å²) in [7, 11) is 0. The van der Waals surface area contributed by atoms with Gasteiger partial charge in [0, 0.05) is 17.3 Å². The van der Waals surface area contributed by atoms with Gasteiger partial charge < -0.3 is 9.73 Å². The van der Waals surface area contributed by atoms with Gasteiger partial charge in [-0.05, 0) is 37.3 Å². The lowest BCUT2D eigenvalue weighted by Gasteiger charge is -2.06. The number of nitrogens with one attached hydrogen (secondary N) is 1. The first-order valence-electron chi connectivity index (χ1n) is 6.53. The van der Waals surface area contributed by atoms with E-state index in [-0.39, 0.29) is 11.3 Å². The summed E-state index contributed by atoms with van der Waals surface area (Å²) in [6.07, 6.45) is 1.36. The quantitative estimate of drug-likeness (QED) is 0.782. The second-order valence-corrected chi connectivity index (χ2v) is 4.82. The lowest BCUT2D eigenvalue weighted by atomic mass is 10.1. The largest absolute Gasteiger partial charge is 0.464 e. The summed E-state index contributed by atoms with van der Waals surface area (Å²) >= 11 is 0. The molecular formula is C17H13NO3. The Morgan fingerprint density at radius 1 is 1.05 bits per heavy atom. The number of aryl methyl sites for hydroxylation is 1. The number of hydrogen-bond acceptors (Lipinski definition) is 3. The van der Waals surface area contributed by atoms with Crippen molar-refractivity contribution in [2.45, 2.75) is 6.92 Å². The number of carbonyl (C=O) groups excluding carboxylic acids is 1. The Bertz CT molecular complexity index is 863. The molecule has 0 atom stereocenters. The Hall–Kier alpha value is -2.88. The van der Waals surface area contributed by atoms with Gasteiger partial charge in [-0.1, -0.05) is 17.7 Å². The van der Waals surface area contributed by atoms with Crippen LogP contribution in [-0.2, 0) is 0 Å². The Labute approximate surface area is 121 Å². The molecule has 3 rings (SSSR count). The van der Waals surface area contributed by atoms with E-state index in [1.807, 2.05) is 19.1 Å². The van der Waals surface area contributed by atoms with Gasteiger partial charge in [0.1, 0.15) is 5.58 Å². The van der Waals surface area contributed by atoms with Crippen LogP contribution in [-0.4, -0.2) is 5.91 Å². The van der Waals surface area contributed by atoms with E-state index in [0.29, 0.717) is 22.2 Å². The van der Waals surface area contributed by atoms with Gasteiger partial charge in [0.2, 0.25) is 0 Å². The topological polar surface area (TPSA) is 59.3 Å². The zero-order chi connectivity index (χ0) is 14.8. The second-order valence-electron chi connectivity index (χ2n) is 4.82. The van der Waals surface area contributed by atoms with Crippen molar-refractivity contribution < 1.29 is 9.21 Å². The van der Waals surface area contributed by atoms with E-state index in [0.717, 1.165) is 5.56 Å². The molecule has 3 aromatic rings. The van der Waals surface area contributed by atoms with Crippen molar-refractivity contribution in [1.82, 2.24) is 0 Å². The van der Waals surface area contributed by atoms with Gasteiger partial charge in [0.25, 0.3) is 5.91 Å². The van der Waals surface area contributed by atoms with E-state index in [1.54, 1.807) is 30.3 Å². The van der Waals surface area contributed by atoms with Crippen LogP contribution in [0.3, 0.4) is 0 Å². The average molecular weight is 279 g/mol. The first-order chi connectivity index (χ1) is 10.1. The van der Waals surface area contributed by atoms with E-state index in [9.17, 15) is 9.59 Å². The maximum absolute atomic E-state index is 12.1. The lowest BCUT2D eigenvalue weighted by molar-refractivity contribution is 0.102. The molecule has 4 nitrogen and oxygen atoms in total. The maximum atomic E-state index is 12.1. The predicted octanol–water partition coefficient (Wildman–Crippen LogP) is 3.35. The van der Waals surface area contributed by atoms with Crippen LogP contribution in [0.1, 0.15) is 15.9 Å². The number of hydrogen-bond donors (Lipinski definition) is 1. The minimum absolute atomic E-state index is 0.136. The molecular weight excluding hydrogens is 266 g/mol. The monoisotopic (exact) mass is 279 g/mol. The van der Waals surface area contributed by atoms with Gasteiger partial charge in [-0.15, -0.1) is 0 Å². The Morgan fingerprint density at radius 2 is 1.81 bits per heavy atom. The van der Waals surface area contributed by atoms with Gasteiger partial charge in [-0.25, -0.2) is 0 Å². The van der Waals surface area contributed by atoms with Crippen molar-refractivity contribution in [3.05, 3.63) is 76.1 Å². The molecule has 0 bridgehead atoms. The van der Waals surface area contributed by atoms with Crippen LogP contribution in [0, 0.1) is 6.92 Å². The van der Waals surface area contributed by atoms with Crippen molar-refractivity contribution in [1.29, 1.82) is 0 Å². The van der Waals surface area contributed by atoms with Crippen LogP contribution in [0.25, 0.3) is 11.0 Å². The fourth-order valence-electron chi connectivity index (χ4n) is 2.07. The molecule has 4 heteroatoms. The van der Waals surface area contributed by atoms with E-state index in [4.69, 9.17) is 4.42 Å². The Kier molecular flexibility index (Phi) is 3.28. The van der Waals surface area contributed by atoms with Crippen molar-refractivity contribution in [3.63, 3.8) is 0 Å². The maximum Gasteiger partial charge on any atom is 0.255 e. The minimum atomic E-state index is -0.213. The summed E-state index contributed by atoms with van der Waals surface area (Å²) < 4.78 is 5.24. The summed E-state index contributed by atoms with van der Waals surface area (Å²) in [5.41, 5.74) is 2.58. The molecule has 1 N–H and O–H groups in total. The van der Waals surface area contributed by atoms with E-state index < -0.39 is 0 Å². The van der Waals surface area contributed by atoms with Crippen LogP contribution in [0.4, 0.5) is 5.69 Å². The van der Waals surface area contributed by atoms with E-state index in [2.05, 4.69) is 5.32 Å². The normalized spacial score (nSPS) is 10.5. The molecule has 0 saturated heterocycles. The molecule has 0 aliphatic carbocycles. The van der Waals surface area contributed by atoms with Crippen molar-refractivity contribution in [2.24, 2.45) is 0 Å². The van der Waals surface area contributed by atoms with Crippen LogP contribution in [0.2, 0.25) is 0 Å². The third-order valence-corrected chi connectivity index (χ3v) is 3.23. The van der Waals surface area contributed by atoms with E-state index >= 15 is 0 Å². The predicted molar refractivity (Wildman–Crippen MR) is 81.6 cm³/mol. The number of rotatable bonds is 2. The first-order valence-corrected chi connectivity index (χ1v) is 6.53. The van der Waals surface area contributed by atoms with Gasteiger partial charge >= 0.3 is 0 Å². The number of anilines is 1. The van der Waals surface area contributed by atoms with Crippen LogP contribution in [0.5, 0.6) is 0 Å². The zero-order valence-electron chi connectivity index (χ0n) is 11.4. The number of carbonyl (C=O) groups is 1. The molecule has 2 aromatic carbocycles. The third-order valence-electron chi connectivity index (χ3n) is 3.23. The molecule has 0 aliphatic heterocycles. The summed E-state index contributed by atoms with van der Waals surface area (Å²) in [5.74, 6) is -0.213. The molecule has 21 heavy (non-hydrogen) atoms. The fourth-order valence-corrected chi connectivity index (χ4v) is 2.07. The molecule has 1 aromatic heterocycles. The molecule has 0 radical (unpaired) electrons. The average Bonchev–Trinajstić information content (AvgIpc) is 2.49. The third kappa shape index (κ3) is 2.69. The summed E-state index contributed by atoms with van der Waals surface area (Å²) in [6, 6.07) is 13.6. The number of benzene rings is 2. The van der Waals surface area contributed by atoms with Crippen molar-refractivity contribution in [3.8, 4) is 0 Å². The van der Waals surface area contributed by atoms with Crippen molar-refractivity contribution >= 4 is 22.6 Å². The molecule has 0 spiro atoms. The highest BCUT2D eigenvalue weighted by molar-refractivity contribution is 6.05.